The fraction of sp³-hybridized carbons (Fsp3) is 1.00. The SMILES string of the molecule is C.CC(C)O.CC(O)COC(C)C.CC1CO1. The van der Waals surface area contributed by atoms with Gasteiger partial charge in [0.1, 0.15) is 0 Å². The number of hydrogen-bond acceptors (Lipinski definition) is 4. The van der Waals surface area contributed by atoms with Crippen LogP contribution in [0.2, 0.25) is 0 Å². The fourth-order valence-corrected chi connectivity index (χ4v) is 0.428. The maximum absolute atomic E-state index is 8.68. The molecule has 17 heavy (non-hydrogen) atoms. The van der Waals surface area contributed by atoms with Gasteiger partial charge in [-0.3, -0.25) is 0 Å². The lowest BCUT2D eigenvalue weighted by molar-refractivity contribution is 0.0134. The Morgan fingerprint density at radius 2 is 1.47 bits per heavy atom. The molecular formula is C13H32O4. The van der Waals surface area contributed by atoms with Gasteiger partial charge in [0.2, 0.25) is 0 Å². The van der Waals surface area contributed by atoms with Gasteiger partial charge in [-0.15, -0.1) is 0 Å². The highest BCUT2D eigenvalue weighted by Gasteiger charge is 2.13. The molecule has 1 heterocycles. The summed E-state index contributed by atoms with van der Waals surface area (Å²) in [6, 6.07) is 0. The van der Waals surface area contributed by atoms with Gasteiger partial charge in [0.25, 0.3) is 0 Å². The van der Waals surface area contributed by atoms with Crippen LogP contribution in [0.1, 0.15) is 49.0 Å². The van der Waals surface area contributed by atoms with Crippen molar-refractivity contribution in [1.29, 1.82) is 0 Å². The molecule has 0 radical (unpaired) electrons. The molecule has 0 bridgehead atoms. The summed E-state index contributed by atoms with van der Waals surface area (Å²) in [5.41, 5.74) is 0. The summed E-state index contributed by atoms with van der Waals surface area (Å²) in [5, 5.41) is 16.7. The third kappa shape index (κ3) is 49.4. The molecule has 1 rings (SSSR count). The lowest BCUT2D eigenvalue weighted by atomic mass is 10.4. The maximum atomic E-state index is 8.68. The molecule has 0 aliphatic carbocycles. The Balaban J connectivity index is -0.000000184. The summed E-state index contributed by atoms with van der Waals surface area (Å²) < 4.78 is 9.76. The summed E-state index contributed by atoms with van der Waals surface area (Å²) in [6.07, 6.45) is 0.307. The Kier molecular flexibility index (Phi) is 18.0. The van der Waals surface area contributed by atoms with E-state index in [9.17, 15) is 0 Å². The first-order chi connectivity index (χ1) is 7.25. The first kappa shape index (κ1) is 22.1. The lowest BCUT2D eigenvalue weighted by Crippen LogP contribution is -2.14. The Morgan fingerprint density at radius 3 is 1.53 bits per heavy atom. The normalized spacial score (nSPS) is 18.4. The van der Waals surface area contributed by atoms with Crippen molar-refractivity contribution in [2.45, 2.75) is 73.4 Å². The Morgan fingerprint density at radius 1 is 1.18 bits per heavy atom. The van der Waals surface area contributed by atoms with Crippen molar-refractivity contribution in [3.8, 4) is 0 Å². The molecular weight excluding hydrogens is 220 g/mol. The van der Waals surface area contributed by atoms with Crippen LogP contribution in [0.25, 0.3) is 0 Å². The third-order valence-corrected chi connectivity index (χ3v) is 1.17. The Bertz CT molecular complexity index is 121. The van der Waals surface area contributed by atoms with Gasteiger partial charge in [0.05, 0.1) is 31.5 Å². The van der Waals surface area contributed by atoms with Gasteiger partial charge in [0.15, 0.2) is 0 Å². The van der Waals surface area contributed by atoms with Crippen molar-refractivity contribution in [1.82, 2.24) is 0 Å². The molecule has 108 valence electrons. The maximum Gasteiger partial charge on any atom is 0.0781 e. The molecule has 2 unspecified atom stereocenters. The molecule has 1 fully saturated rings. The monoisotopic (exact) mass is 252 g/mol. The highest BCUT2D eigenvalue weighted by Crippen LogP contribution is 2.04. The summed E-state index contributed by atoms with van der Waals surface area (Å²) in [6.45, 7) is 12.5. The van der Waals surface area contributed by atoms with E-state index in [2.05, 4.69) is 6.92 Å². The van der Waals surface area contributed by atoms with Gasteiger partial charge in [0, 0.05) is 6.10 Å². The predicted octanol–water partition coefficient (Wildman–Crippen LogP) is 2.22. The zero-order valence-electron chi connectivity index (χ0n) is 11.4. The van der Waals surface area contributed by atoms with Crippen LogP contribution in [-0.2, 0) is 9.47 Å². The highest BCUT2D eigenvalue weighted by atomic mass is 16.6. The van der Waals surface area contributed by atoms with Crippen LogP contribution in [-0.4, -0.2) is 47.8 Å². The molecule has 4 heteroatoms. The largest absolute Gasteiger partial charge is 0.394 e. The highest BCUT2D eigenvalue weighted by molar-refractivity contribution is 4.58. The minimum atomic E-state index is -0.336. The van der Waals surface area contributed by atoms with Gasteiger partial charge in [-0.2, -0.15) is 0 Å². The smallest absolute Gasteiger partial charge is 0.0781 e. The molecule has 0 saturated carbocycles. The van der Waals surface area contributed by atoms with Crippen LogP contribution in [0.5, 0.6) is 0 Å². The molecule has 0 aromatic carbocycles. The van der Waals surface area contributed by atoms with Crippen LogP contribution in [0.4, 0.5) is 0 Å². The average molecular weight is 252 g/mol. The van der Waals surface area contributed by atoms with Crippen molar-refractivity contribution in [3.63, 3.8) is 0 Å². The molecule has 4 nitrogen and oxygen atoms in total. The summed E-state index contributed by atoms with van der Waals surface area (Å²) in [7, 11) is 0. The first-order valence-corrected chi connectivity index (χ1v) is 5.85. The molecule has 2 atom stereocenters. The fourth-order valence-electron chi connectivity index (χ4n) is 0.428. The van der Waals surface area contributed by atoms with E-state index in [-0.39, 0.29) is 25.7 Å². The number of aliphatic hydroxyl groups is 2. The number of hydrogen-bond donors (Lipinski definition) is 2. The molecule has 1 aliphatic rings. The van der Waals surface area contributed by atoms with Crippen LogP contribution >= 0.6 is 0 Å². The number of rotatable bonds is 3. The minimum Gasteiger partial charge on any atom is -0.394 e. The molecule has 1 saturated heterocycles. The van der Waals surface area contributed by atoms with Gasteiger partial charge < -0.3 is 19.7 Å². The minimum absolute atomic E-state index is 0. The number of aliphatic hydroxyl groups excluding tert-OH is 2. The quantitative estimate of drug-likeness (QED) is 0.756. The van der Waals surface area contributed by atoms with Crippen molar-refractivity contribution in [3.05, 3.63) is 0 Å². The second-order valence-electron chi connectivity index (χ2n) is 4.47. The zero-order chi connectivity index (χ0) is 13.1. The molecule has 0 spiro atoms. The summed E-state index contributed by atoms with van der Waals surface area (Å²) >= 11 is 0. The molecule has 0 aromatic heterocycles. The van der Waals surface area contributed by atoms with Crippen LogP contribution < -0.4 is 0 Å². The first-order valence-electron chi connectivity index (χ1n) is 5.85. The van der Waals surface area contributed by atoms with Gasteiger partial charge >= 0.3 is 0 Å². The molecule has 2 N–H and O–H groups in total. The van der Waals surface area contributed by atoms with Crippen LogP contribution in [0.15, 0.2) is 0 Å². The van der Waals surface area contributed by atoms with Gasteiger partial charge in [-0.25, -0.2) is 0 Å². The van der Waals surface area contributed by atoms with Crippen molar-refractivity contribution >= 4 is 0 Å². The van der Waals surface area contributed by atoms with E-state index >= 15 is 0 Å². The summed E-state index contributed by atoms with van der Waals surface area (Å²) in [5.74, 6) is 0. The van der Waals surface area contributed by atoms with E-state index in [1.807, 2.05) is 13.8 Å². The Hall–Kier alpha value is -0.160. The third-order valence-electron chi connectivity index (χ3n) is 1.17. The van der Waals surface area contributed by atoms with E-state index < -0.39 is 0 Å². The van der Waals surface area contributed by atoms with Crippen molar-refractivity contribution in [2.75, 3.05) is 13.2 Å². The average Bonchev–Trinajstić information content (AvgIpc) is 2.84. The lowest BCUT2D eigenvalue weighted by Gasteiger charge is -2.07. The summed E-state index contributed by atoms with van der Waals surface area (Å²) in [4.78, 5) is 0. The Labute approximate surface area is 107 Å². The number of ether oxygens (including phenoxy) is 2. The number of epoxide rings is 1. The van der Waals surface area contributed by atoms with Crippen LogP contribution in [0, 0.1) is 0 Å². The zero-order valence-corrected chi connectivity index (χ0v) is 11.4. The second kappa shape index (κ2) is 13.9. The van der Waals surface area contributed by atoms with Gasteiger partial charge in [-0.05, 0) is 41.5 Å². The van der Waals surface area contributed by atoms with E-state index in [4.69, 9.17) is 19.7 Å². The molecule has 0 amide bonds. The van der Waals surface area contributed by atoms with Crippen molar-refractivity contribution < 1.29 is 19.7 Å². The molecule has 1 aliphatic heterocycles. The van der Waals surface area contributed by atoms with E-state index in [1.165, 1.54) is 0 Å². The van der Waals surface area contributed by atoms with E-state index in [0.717, 1.165) is 6.61 Å². The van der Waals surface area contributed by atoms with E-state index in [1.54, 1.807) is 20.8 Å². The second-order valence-corrected chi connectivity index (χ2v) is 4.47. The van der Waals surface area contributed by atoms with E-state index in [0.29, 0.717) is 12.7 Å². The predicted molar refractivity (Wildman–Crippen MR) is 72.3 cm³/mol. The van der Waals surface area contributed by atoms with Crippen molar-refractivity contribution in [2.24, 2.45) is 0 Å². The van der Waals surface area contributed by atoms with Crippen LogP contribution in [0.3, 0.4) is 0 Å². The molecule has 0 aromatic rings. The topological polar surface area (TPSA) is 62.2 Å². The van der Waals surface area contributed by atoms with Gasteiger partial charge in [-0.1, -0.05) is 7.43 Å². The standard InChI is InChI=1S/C6H14O2.C3H6O.C3H8O.CH4/c1-5(2)8-4-6(3)7;1-3-2-4-3;1-3(2)4;/h5-7H,4H2,1-3H3;3H,2H2,1H3;3-4H,1-2H3;1H4.